The summed E-state index contributed by atoms with van der Waals surface area (Å²) in [6.07, 6.45) is 7.90. The smallest absolute Gasteiger partial charge is 0.253 e. The predicted molar refractivity (Wildman–Crippen MR) is 141 cm³/mol. The Morgan fingerprint density at radius 2 is 1.78 bits per heavy atom. The number of pyridine rings is 1. The Labute approximate surface area is 211 Å². The van der Waals surface area contributed by atoms with Crippen LogP contribution in [0, 0.1) is 12.8 Å². The van der Waals surface area contributed by atoms with Crippen LogP contribution in [0.15, 0.2) is 59.4 Å². The number of aromatic amines is 1. The second kappa shape index (κ2) is 9.97. The van der Waals surface area contributed by atoms with E-state index in [0.717, 1.165) is 67.5 Å². The molecule has 0 radical (unpaired) electrons. The molecule has 0 amide bonds. The fourth-order valence-electron chi connectivity index (χ4n) is 6.20. The maximum atomic E-state index is 13.5. The lowest BCUT2D eigenvalue weighted by Gasteiger charge is -2.37. The molecule has 4 aromatic rings. The second-order valence-corrected chi connectivity index (χ2v) is 10.6. The minimum Gasteiger partial charge on any atom is -0.322 e. The summed E-state index contributed by atoms with van der Waals surface area (Å²) >= 11 is 0. The molecule has 36 heavy (non-hydrogen) atoms. The van der Waals surface area contributed by atoms with E-state index in [4.69, 9.17) is 0 Å². The predicted octanol–water partition coefficient (Wildman–Crippen LogP) is 4.98. The van der Waals surface area contributed by atoms with Crippen LogP contribution in [0.25, 0.3) is 10.9 Å². The van der Waals surface area contributed by atoms with Crippen LogP contribution < -0.4 is 5.56 Å². The standard InChI is InChI=1S/C29H34N6O/c1-20-11-12-26-23(17-20)19-25(29(36)30-26)27(28-31-32-33-35(28)24-9-5-6-10-24)34-15-13-22(14-16-34)18-21-7-3-2-4-8-21/h2-4,7-8,11-12,17,19,22,24,27H,5-6,9-10,13-16,18H2,1H3,(H,30,36)/t27-/m1/s1. The summed E-state index contributed by atoms with van der Waals surface area (Å²) in [5.74, 6) is 1.45. The van der Waals surface area contributed by atoms with Crippen molar-refractivity contribution in [1.29, 1.82) is 0 Å². The van der Waals surface area contributed by atoms with Gasteiger partial charge >= 0.3 is 0 Å². The van der Waals surface area contributed by atoms with Gasteiger partial charge < -0.3 is 4.98 Å². The first kappa shape index (κ1) is 23.1. The number of nitrogens with zero attached hydrogens (tertiary/aromatic N) is 5. The van der Waals surface area contributed by atoms with Gasteiger partial charge in [0, 0.05) is 11.1 Å². The molecule has 2 aromatic carbocycles. The van der Waals surface area contributed by atoms with E-state index in [0.29, 0.717) is 12.0 Å². The molecule has 6 rings (SSSR count). The summed E-state index contributed by atoms with van der Waals surface area (Å²) in [6, 6.07) is 19.1. The van der Waals surface area contributed by atoms with Crippen LogP contribution in [0.3, 0.4) is 0 Å². The molecular weight excluding hydrogens is 448 g/mol. The minimum absolute atomic E-state index is 0.0521. The Hall–Kier alpha value is -3.32. The number of benzene rings is 2. The largest absolute Gasteiger partial charge is 0.322 e. The molecule has 186 valence electrons. The number of hydrogen-bond donors (Lipinski definition) is 1. The molecule has 1 aliphatic heterocycles. The summed E-state index contributed by atoms with van der Waals surface area (Å²) in [5.41, 5.74) is 4.13. The van der Waals surface area contributed by atoms with Gasteiger partial charge in [-0.05, 0) is 97.6 Å². The van der Waals surface area contributed by atoms with Crippen molar-refractivity contribution in [3.8, 4) is 0 Å². The lowest BCUT2D eigenvalue weighted by atomic mass is 9.89. The molecule has 1 N–H and O–H groups in total. The zero-order valence-electron chi connectivity index (χ0n) is 20.9. The summed E-state index contributed by atoms with van der Waals surface area (Å²) in [7, 11) is 0. The third-order valence-corrected chi connectivity index (χ3v) is 8.14. The molecule has 2 aromatic heterocycles. The third kappa shape index (κ3) is 4.60. The van der Waals surface area contributed by atoms with Crippen molar-refractivity contribution in [3.63, 3.8) is 0 Å². The summed E-state index contributed by atoms with van der Waals surface area (Å²) in [5, 5.41) is 14.1. The average molecular weight is 483 g/mol. The Balaban J connectivity index is 1.35. The molecule has 1 saturated heterocycles. The van der Waals surface area contributed by atoms with Crippen molar-refractivity contribution in [2.24, 2.45) is 5.92 Å². The average Bonchev–Trinajstić information content (AvgIpc) is 3.59. The van der Waals surface area contributed by atoms with Crippen LogP contribution in [0.2, 0.25) is 0 Å². The molecule has 1 atom stereocenters. The lowest BCUT2D eigenvalue weighted by molar-refractivity contribution is 0.141. The Morgan fingerprint density at radius 1 is 1.00 bits per heavy atom. The number of tetrazole rings is 1. The Kier molecular flexibility index (Phi) is 6.40. The number of hydrogen-bond acceptors (Lipinski definition) is 5. The first-order valence-corrected chi connectivity index (χ1v) is 13.3. The molecule has 1 aliphatic carbocycles. The highest BCUT2D eigenvalue weighted by Crippen LogP contribution is 2.36. The summed E-state index contributed by atoms with van der Waals surface area (Å²) < 4.78 is 2.02. The second-order valence-electron chi connectivity index (χ2n) is 10.6. The maximum Gasteiger partial charge on any atom is 0.253 e. The number of nitrogens with one attached hydrogen (secondary N) is 1. The van der Waals surface area contributed by atoms with E-state index in [1.54, 1.807) is 0 Å². The number of aromatic nitrogens is 5. The molecule has 1 saturated carbocycles. The molecule has 7 nitrogen and oxygen atoms in total. The first-order valence-electron chi connectivity index (χ1n) is 13.3. The van der Waals surface area contributed by atoms with E-state index < -0.39 is 0 Å². The molecular formula is C29H34N6O. The Bertz CT molecular complexity index is 1380. The summed E-state index contributed by atoms with van der Waals surface area (Å²) in [6.45, 7) is 3.93. The van der Waals surface area contributed by atoms with Gasteiger partial charge in [0.2, 0.25) is 0 Å². The van der Waals surface area contributed by atoms with E-state index in [9.17, 15) is 4.79 Å². The quantitative estimate of drug-likeness (QED) is 0.419. The SMILES string of the molecule is Cc1ccc2[nH]c(=O)c([C@H](c3nnnn3C3CCCC3)N3CCC(Cc4ccccc4)CC3)cc2c1. The number of piperidine rings is 1. The van der Waals surface area contributed by atoms with Gasteiger partial charge in [0.1, 0.15) is 6.04 Å². The van der Waals surface area contributed by atoms with Crippen LogP contribution in [0.4, 0.5) is 0 Å². The van der Waals surface area contributed by atoms with Gasteiger partial charge in [0.15, 0.2) is 5.82 Å². The number of likely N-dealkylation sites (tertiary alicyclic amines) is 1. The van der Waals surface area contributed by atoms with Crippen molar-refractivity contribution >= 4 is 10.9 Å². The minimum atomic E-state index is -0.257. The molecule has 0 spiro atoms. The van der Waals surface area contributed by atoms with E-state index in [1.165, 1.54) is 24.0 Å². The fourth-order valence-corrected chi connectivity index (χ4v) is 6.20. The molecule has 7 heteroatoms. The fraction of sp³-hybridized carbons (Fsp3) is 0.448. The number of rotatable bonds is 6. The monoisotopic (exact) mass is 482 g/mol. The number of fused-ring (bicyclic) bond motifs is 1. The number of H-pyrrole nitrogens is 1. The van der Waals surface area contributed by atoms with Crippen LogP contribution in [-0.2, 0) is 6.42 Å². The van der Waals surface area contributed by atoms with Gasteiger partial charge in [-0.15, -0.1) is 5.10 Å². The van der Waals surface area contributed by atoms with Crippen molar-refractivity contribution in [3.05, 3.63) is 87.5 Å². The van der Waals surface area contributed by atoms with Gasteiger partial charge in [-0.1, -0.05) is 54.8 Å². The molecule has 0 bridgehead atoms. The highest BCUT2D eigenvalue weighted by atomic mass is 16.1. The van der Waals surface area contributed by atoms with E-state index in [2.05, 4.69) is 74.8 Å². The normalized spacial score (nSPS) is 18.7. The zero-order valence-corrected chi connectivity index (χ0v) is 20.9. The van der Waals surface area contributed by atoms with Gasteiger partial charge in [0.05, 0.1) is 6.04 Å². The Morgan fingerprint density at radius 3 is 2.56 bits per heavy atom. The summed E-state index contributed by atoms with van der Waals surface area (Å²) in [4.78, 5) is 19.0. The zero-order chi connectivity index (χ0) is 24.5. The highest BCUT2D eigenvalue weighted by molar-refractivity contribution is 5.79. The highest BCUT2D eigenvalue weighted by Gasteiger charge is 2.35. The van der Waals surface area contributed by atoms with Gasteiger partial charge in [-0.25, -0.2) is 4.68 Å². The maximum absolute atomic E-state index is 13.5. The molecule has 3 heterocycles. The van der Waals surface area contributed by atoms with Crippen molar-refractivity contribution in [1.82, 2.24) is 30.1 Å². The number of aryl methyl sites for hydroxylation is 1. The van der Waals surface area contributed by atoms with Crippen LogP contribution in [0.5, 0.6) is 0 Å². The van der Waals surface area contributed by atoms with Crippen LogP contribution >= 0.6 is 0 Å². The van der Waals surface area contributed by atoms with Crippen molar-refractivity contribution < 1.29 is 0 Å². The topological polar surface area (TPSA) is 79.7 Å². The van der Waals surface area contributed by atoms with Gasteiger partial charge in [-0.3, -0.25) is 9.69 Å². The molecule has 2 aliphatic rings. The van der Waals surface area contributed by atoms with Crippen molar-refractivity contribution in [2.75, 3.05) is 13.1 Å². The van der Waals surface area contributed by atoms with E-state index >= 15 is 0 Å². The van der Waals surface area contributed by atoms with E-state index in [-0.39, 0.29) is 11.6 Å². The third-order valence-electron chi connectivity index (χ3n) is 8.14. The van der Waals surface area contributed by atoms with Crippen molar-refractivity contribution in [2.45, 2.75) is 64.0 Å². The van der Waals surface area contributed by atoms with E-state index in [1.807, 2.05) is 16.8 Å². The van der Waals surface area contributed by atoms with Gasteiger partial charge in [0.25, 0.3) is 5.56 Å². The molecule has 0 unspecified atom stereocenters. The van der Waals surface area contributed by atoms with Crippen LogP contribution in [0.1, 0.15) is 73.1 Å². The molecule has 2 fully saturated rings. The first-order chi connectivity index (χ1) is 17.7. The lowest BCUT2D eigenvalue weighted by Crippen LogP contribution is -2.41. The van der Waals surface area contributed by atoms with Crippen LogP contribution in [-0.4, -0.2) is 43.2 Å². The van der Waals surface area contributed by atoms with Gasteiger partial charge in [-0.2, -0.15) is 0 Å².